The summed E-state index contributed by atoms with van der Waals surface area (Å²) in [5, 5.41) is 7.58. The molecule has 0 atom stereocenters. The Kier molecular flexibility index (Phi) is 3.87. The summed E-state index contributed by atoms with van der Waals surface area (Å²) in [5.74, 6) is 0.198. The SMILES string of the molecule is CN(CCC(F)(F)F)c1nc2c(cc1C(=N)N)CCC2. The summed E-state index contributed by atoms with van der Waals surface area (Å²) >= 11 is 0. The van der Waals surface area contributed by atoms with Gasteiger partial charge in [-0.2, -0.15) is 13.2 Å². The molecule has 20 heavy (non-hydrogen) atoms. The summed E-state index contributed by atoms with van der Waals surface area (Å²) in [5.41, 5.74) is 7.89. The molecule has 0 radical (unpaired) electrons. The molecule has 0 amide bonds. The van der Waals surface area contributed by atoms with E-state index < -0.39 is 12.6 Å². The second-order valence-electron chi connectivity index (χ2n) is 5.02. The number of nitrogens with one attached hydrogen (secondary N) is 1. The number of nitrogens with two attached hydrogens (primary N) is 1. The molecule has 0 saturated heterocycles. The van der Waals surface area contributed by atoms with Crippen LogP contribution in [0.3, 0.4) is 0 Å². The largest absolute Gasteiger partial charge is 0.390 e. The van der Waals surface area contributed by atoms with E-state index in [0.717, 1.165) is 30.5 Å². The van der Waals surface area contributed by atoms with Crippen molar-refractivity contribution in [3.63, 3.8) is 0 Å². The summed E-state index contributed by atoms with van der Waals surface area (Å²) in [4.78, 5) is 5.83. The smallest absolute Gasteiger partial charge is 0.384 e. The van der Waals surface area contributed by atoms with Gasteiger partial charge in [-0.25, -0.2) is 4.98 Å². The van der Waals surface area contributed by atoms with Crippen molar-refractivity contribution in [2.24, 2.45) is 5.73 Å². The van der Waals surface area contributed by atoms with E-state index in [1.54, 1.807) is 13.1 Å². The predicted molar refractivity (Wildman–Crippen MR) is 71.2 cm³/mol. The minimum atomic E-state index is -4.21. The number of nitrogen functional groups attached to an aromatic ring is 1. The lowest BCUT2D eigenvalue weighted by Crippen LogP contribution is -2.28. The van der Waals surface area contributed by atoms with Gasteiger partial charge in [-0.15, -0.1) is 0 Å². The van der Waals surface area contributed by atoms with Crippen LogP contribution < -0.4 is 10.6 Å². The number of anilines is 1. The zero-order valence-electron chi connectivity index (χ0n) is 11.2. The third-order valence-electron chi connectivity index (χ3n) is 3.41. The van der Waals surface area contributed by atoms with Crippen LogP contribution in [0.4, 0.5) is 19.0 Å². The van der Waals surface area contributed by atoms with Gasteiger partial charge in [0.15, 0.2) is 0 Å². The molecule has 0 aromatic carbocycles. The normalized spacial score (nSPS) is 14.2. The molecule has 0 spiro atoms. The first-order valence-corrected chi connectivity index (χ1v) is 6.43. The Morgan fingerprint density at radius 3 is 2.75 bits per heavy atom. The number of amidine groups is 1. The maximum atomic E-state index is 12.3. The number of aryl methyl sites for hydroxylation is 2. The number of hydrogen-bond acceptors (Lipinski definition) is 3. The van der Waals surface area contributed by atoms with E-state index in [1.807, 2.05) is 0 Å². The molecular weight excluding hydrogens is 269 g/mol. The number of fused-ring (bicyclic) bond motifs is 1. The monoisotopic (exact) mass is 286 g/mol. The lowest BCUT2D eigenvalue weighted by Gasteiger charge is -2.22. The van der Waals surface area contributed by atoms with E-state index in [2.05, 4.69) is 4.98 Å². The number of rotatable bonds is 4. The molecule has 1 aliphatic carbocycles. The maximum absolute atomic E-state index is 12.3. The summed E-state index contributed by atoms with van der Waals surface area (Å²) in [7, 11) is 1.54. The summed E-state index contributed by atoms with van der Waals surface area (Å²) in [6, 6.07) is 1.79. The second-order valence-corrected chi connectivity index (χ2v) is 5.02. The van der Waals surface area contributed by atoms with Gasteiger partial charge in [0.05, 0.1) is 12.0 Å². The zero-order chi connectivity index (χ0) is 14.9. The van der Waals surface area contributed by atoms with Crippen LogP contribution >= 0.6 is 0 Å². The van der Waals surface area contributed by atoms with Gasteiger partial charge in [-0.05, 0) is 30.9 Å². The number of nitrogens with zero attached hydrogens (tertiary/aromatic N) is 2. The number of aromatic nitrogens is 1. The number of pyridine rings is 1. The molecule has 0 bridgehead atoms. The van der Waals surface area contributed by atoms with Crippen LogP contribution in [0.25, 0.3) is 0 Å². The molecule has 110 valence electrons. The number of hydrogen-bond donors (Lipinski definition) is 2. The van der Waals surface area contributed by atoms with Crippen molar-refractivity contribution < 1.29 is 13.2 Å². The predicted octanol–water partition coefficient (Wildman–Crippen LogP) is 2.24. The molecule has 0 fully saturated rings. The molecule has 1 heterocycles. The average molecular weight is 286 g/mol. The van der Waals surface area contributed by atoms with Crippen LogP contribution in [0, 0.1) is 5.41 Å². The van der Waals surface area contributed by atoms with Gasteiger partial charge in [-0.3, -0.25) is 5.41 Å². The molecular formula is C13H17F3N4. The van der Waals surface area contributed by atoms with Crippen molar-refractivity contribution in [2.45, 2.75) is 31.9 Å². The molecule has 0 saturated carbocycles. The first-order valence-electron chi connectivity index (χ1n) is 6.43. The lowest BCUT2D eigenvalue weighted by atomic mass is 10.1. The highest BCUT2D eigenvalue weighted by molar-refractivity contribution is 5.99. The fourth-order valence-corrected chi connectivity index (χ4v) is 2.35. The van der Waals surface area contributed by atoms with Gasteiger partial charge in [0.25, 0.3) is 0 Å². The van der Waals surface area contributed by atoms with Crippen LogP contribution in [-0.2, 0) is 12.8 Å². The molecule has 3 N–H and O–H groups in total. The Morgan fingerprint density at radius 2 is 2.15 bits per heavy atom. The van der Waals surface area contributed by atoms with Crippen molar-refractivity contribution in [3.05, 3.63) is 22.9 Å². The van der Waals surface area contributed by atoms with Gasteiger partial charge in [-0.1, -0.05) is 0 Å². The van der Waals surface area contributed by atoms with Gasteiger partial charge in [0.1, 0.15) is 11.7 Å². The van der Waals surface area contributed by atoms with Gasteiger partial charge < -0.3 is 10.6 Å². The Balaban J connectivity index is 2.27. The maximum Gasteiger partial charge on any atom is 0.390 e. The average Bonchev–Trinajstić information content (AvgIpc) is 2.80. The van der Waals surface area contributed by atoms with E-state index in [1.165, 1.54) is 4.90 Å². The fourth-order valence-electron chi connectivity index (χ4n) is 2.35. The second kappa shape index (κ2) is 5.30. The Bertz CT molecular complexity index is 525. The van der Waals surface area contributed by atoms with Crippen LogP contribution in [0.1, 0.15) is 29.7 Å². The lowest BCUT2D eigenvalue weighted by molar-refractivity contribution is -0.132. The fraction of sp³-hybridized carbons (Fsp3) is 0.538. The standard InChI is InChI=1S/C13H17F3N4/c1-20(6-5-13(14,15)16)12-9(11(17)18)7-8-3-2-4-10(8)19-12/h7H,2-6H2,1H3,(H3,17,18). The Morgan fingerprint density at radius 1 is 1.45 bits per heavy atom. The summed E-state index contributed by atoms with van der Waals surface area (Å²) in [6.07, 6.45) is -2.43. The third-order valence-corrected chi connectivity index (χ3v) is 3.41. The molecule has 1 aromatic rings. The van der Waals surface area contributed by atoms with Crippen LogP contribution in [0.2, 0.25) is 0 Å². The zero-order valence-corrected chi connectivity index (χ0v) is 11.2. The van der Waals surface area contributed by atoms with Crippen LogP contribution in [0.15, 0.2) is 6.07 Å². The van der Waals surface area contributed by atoms with E-state index in [0.29, 0.717) is 11.4 Å². The first-order chi connectivity index (χ1) is 9.28. The number of halogens is 3. The molecule has 7 heteroatoms. The van der Waals surface area contributed by atoms with Crippen molar-refractivity contribution in [2.75, 3.05) is 18.5 Å². The van der Waals surface area contributed by atoms with Crippen molar-refractivity contribution in [1.29, 1.82) is 5.41 Å². The highest BCUT2D eigenvalue weighted by Gasteiger charge is 2.28. The van der Waals surface area contributed by atoms with Gasteiger partial charge in [0, 0.05) is 19.3 Å². The third kappa shape index (κ3) is 3.20. The Hall–Kier alpha value is -1.79. The van der Waals surface area contributed by atoms with E-state index in [-0.39, 0.29) is 12.4 Å². The quantitative estimate of drug-likeness (QED) is 0.659. The van der Waals surface area contributed by atoms with E-state index >= 15 is 0 Å². The molecule has 1 aliphatic rings. The van der Waals surface area contributed by atoms with Crippen molar-refractivity contribution >= 4 is 11.7 Å². The van der Waals surface area contributed by atoms with E-state index in [9.17, 15) is 13.2 Å². The first kappa shape index (κ1) is 14.6. The minimum absolute atomic E-state index is 0.166. The van der Waals surface area contributed by atoms with Gasteiger partial charge >= 0.3 is 6.18 Å². The summed E-state index contributed by atoms with van der Waals surface area (Å²) in [6.45, 7) is -0.199. The van der Waals surface area contributed by atoms with E-state index in [4.69, 9.17) is 11.1 Å². The van der Waals surface area contributed by atoms with Crippen LogP contribution in [0.5, 0.6) is 0 Å². The number of alkyl halides is 3. The highest BCUT2D eigenvalue weighted by atomic mass is 19.4. The van der Waals surface area contributed by atoms with Gasteiger partial charge in [0.2, 0.25) is 0 Å². The molecule has 0 unspecified atom stereocenters. The molecule has 2 rings (SSSR count). The highest BCUT2D eigenvalue weighted by Crippen LogP contribution is 2.28. The molecule has 1 aromatic heterocycles. The molecule has 0 aliphatic heterocycles. The summed E-state index contributed by atoms with van der Waals surface area (Å²) < 4.78 is 36.9. The van der Waals surface area contributed by atoms with Crippen molar-refractivity contribution in [3.8, 4) is 0 Å². The minimum Gasteiger partial charge on any atom is -0.384 e. The van der Waals surface area contributed by atoms with Crippen LogP contribution in [-0.4, -0.2) is 30.6 Å². The van der Waals surface area contributed by atoms with Crippen molar-refractivity contribution in [1.82, 2.24) is 4.98 Å². The Labute approximate surface area is 115 Å². The topological polar surface area (TPSA) is 66.0 Å². The molecule has 4 nitrogen and oxygen atoms in total.